The predicted octanol–water partition coefficient (Wildman–Crippen LogP) is 2.76. The van der Waals surface area contributed by atoms with Gasteiger partial charge in [0.2, 0.25) is 0 Å². The van der Waals surface area contributed by atoms with E-state index in [9.17, 15) is 14.9 Å². The van der Waals surface area contributed by atoms with Crippen LogP contribution in [-0.4, -0.2) is 34.0 Å². The molecule has 0 saturated heterocycles. The highest BCUT2D eigenvalue weighted by molar-refractivity contribution is 5.72. The van der Waals surface area contributed by atoms with Gasteiger partial charge in [-0.25, -0.2) is 0 Å². The maximum atomic E-state index is 11.0. The molecule has 1 aromatic heterocycles. The number of rotatable bonds is 6. The fourth-order valence-electron chi connectivity index (χ4n) is 2.02. The van der Waals surface area contributed by atoms with Gasteiger partial charge in [-0.15, -0.1) is 0 Å². The van der Waals surface area contributed by atoms with Gasteiger partial charge < -0.3 is 9.52 Å². The predicted molar refractivity (Wildman–Crippen MR) is 79.4 cm³/mol. The molecular weight excluding hydrogens is 288 g/mol. The van der Waals surface area contributed by atoms with Crippen LogP contribution in [0.3, 0.4) is 0 Å². The van der Waals surface area contributed by atoms with Crippen LogP contribution in [0.1, 0.15) is 12.7 Å². The number of nitro groups is 1. The lowest BCUT2D eigenvalue weighted by atomic mass is 10.1. The summed E-state index contributed by atoms with van der Waals surface area (Å²) >= 11 is 0. The van der Waals surface area contributed by atoms with Gasteiger partial charge in [-0.2, -0.15) is 0 Å². The fraction of sp³-hybridized carbons (Fsp3) is 0.267. The van der Waals surface area contributed by atoms with Crippen LogP contribution in [0.15, 0.2) is 40.8 Å². The van der Waals surface area contributed by atoms with E-state index < -0.39 is 16.9 Å². The Morgan fingerprint density at radius 1 is 1.36 bits per heavy atom. The van der Waals surface area contributed by atoms with E-state index in [0.29, 0.717) is 23.6 Å². The van der Waals surface area contributed by atoms with Crippen molar-refractivity contribution in [3.8, 4) is 11.3 Å². The maximum Gasteiger partial charge on any atom is 0.320 e. The average Bonchev–Trinajstić information content (AvgIpc) is 2.94. The van der Waals surface area contributed by atoms with Crippen molar-refractivity contribution in [1.82, 2.24) is 4.90 Å². The maximum absolute atomic E-state index is 11.0. The van der Waals surface area contributed by atoms with Crippen molar-refractivity contribution in [3.63, 3.8) is 0 Å². The molecule has 0 fully saturated rings. The Morgan fingerprint density at radius 2 is 2.05 bits per heavy atom. The Bertz CT molecular complexity index is 695. The summed E-state index contributed by atoms with van der Waals surface area (Å²) in [6.07, 6.45) is 0. The van der Waals surface area contributed by atoms with E-state index in [1.807, 2.05) is 0 Å². The molecule has 2 aromatic rings. The Hall–Kier alpha value is -2.67. The summed E-state index contributed by atoms with van der Waals surface area (Å²) in [5.41, 5.74) is 0.364. The van der Waals surface area contributed by atoms with Gasteiger partial charge in [0.15, 0.2) is 0 Å². The zero-order chi connectivity index (χ0) is 16.3. The van der Waals surface area contributed by atoms with E-state index >= 15 is 0 Å². The second kappa shape index (κ2) is 6.40. The van der Waals surface area contributed by atoms with E-state index in [-0.39, 0.29) is 5.69 Å². The normalized spacial score (nSPS) is 12.3. The number of carboxylic acids is 1. The summed E-state index contributed by atoms with van der Waals surface area (Å²) in [5.74, 6) is 0.00964. The lowest BCUT2D eigenvalue weighted by Gasteiger charge is -2.19. The lowest BCUT2D eigenvalue weighted by Crippen LogP contribution is -2.35. The van der Waals surface area contributed by atoms with Crippen molar-refractivity contribution in [1.29, 1.82) is 0 Å². The van der Waals surface area contributed by atoms with E-state index in [0.717, 1.165) is 0 Å². The molecule has 0 amide bonds. The summed E-state index contributed by atoms with van der Waals surface area (Å²) in [4.78, 5) is 23.1. The molecule has 0 aliphatic heterocycles. The first-order valence-corrected chi connectivity index (χ1v) is 6.65. The Kier molecular flexibility index (Phi) is 4.57. The number of likely N-dealkylation sites (N-methyl/N-ethyl adjacent to an activating group) is 1. The number of carbonyl (C=O) groups is 1. The summed E-state index contributed by atoms with van der Waals surface area (Å²) < 4.78 is 5.62. The molecule has 0 saturated carbocycles. The number of hydrogen-bond acceptors (Lipinski definition) is 5. The minimum atomic E-state index is -0.923. The first kappa shape index (κ1) is 15.7. The third-order valence-corrected chi connectivity index (χ3v) is 3.45. The number of carboxylic acid groups (broad SMARTS) is 1. The summed E-state index contributed by atoms with van der Waals surface area (Å²) in [5, 5.41) is 20.0. The zero-order valence-corrected chi connectivity index (χ0v) is 12.2. The molecule has 116 valence electrons. The highest BCUT2D eigenvalue weighted by Gasteiger charge is 2.20. The Balaban J connectivity index is 2.22. The fourth-order valence-corrected chi connectivity index (χ4v) is 2.02. The van der Waals surface area contributed by atoms with Crippen molar-refractivity contribution in [2.24, 2.45) is 0 Å². The molecule has 7 nitrogen and oxygen atoms in total. The van der Waals surface area contributed by atoms with E-state index in [2.05, 4.69) is 0 Å². The van der Waals surface area contributed by atoms with Gasteiger partial charge in [-0.05, 0) is 32.2 Å². The standard InChI is InChI=1S/C15H16N2O5/c1-10(15(18)19)16(2)9-11-7-8-14(22-11)12-5-3-4-6-13(12)17(20)21/h3-8,10H,9H2,1-2H3,(H,18,19). The van der Waals surface area contributed by atoms with Crippen LogP contribution in [0.4, 0.5) is 5.69 Å². The quantitative estimate of drug-likeness (QED) is 0.651. The second-order valence-electron chi connectivity index (χ2n) is 4.97. The molecule has 1 unspecified atom stereocenters. The van der Waals surface area contributed by atoms with Gasteiger partial charge in [-0.1, -0.05) is 12.1 Å². The van der Waals surface area contributed by atoms with Gasteiger partial charge in [0, 0.05) is 6.07 Å². The Labute approximate surface area is 126 Å². The summed E-state index contributed by atoms with van der Waals surface area (Å²) in [6, 6.07) is 9.01. The smallest absolute Gasteiger partial charge is 0.320 e. The van der Waals surface area contributed by atoms with Gasteiger partial charge in [0.1, 0.15) is 17.6 Å². The minimum Gasteiger partial charge on any atom is -0.480 e. The summed E-state index contributed by atoms with van der Waals surface area (Å²) in [7, 11) is 1.67. The van der Waals surface area contributed by atoms with E-state index in [1.54, 1.807) is 49.2 Å². The monoisotopic (exact) mass is 304 g/mol. The molecule has 0 aliphatic rings. The van der Waals surface area contributed by atoms with E-state index in [4.69, 9.17) is 9.52 Å². The van der Waals surface area contributed by atoms with E-state index in [1.165, 1.54) is 6.07 Å². The van der Waals surface area contributed by atoms with Crippen LogP contribution < -0.4 is 0 Å². The molecule has 1 atom stereocenters. The molecule has 1 N–H and O–H groups in total. The van der Waals surface area contributed by atoms with Gasteiger partial charge >= 0.3 is 5.97 Å². The minimum absolute atomic E-state index is 0.0318. The molecule has 0 radical (unpaired) electrons. The van der Waals surface area contributed by atoms with Crippen LogP contribution in [0.25, 0.3) is 11.3 Å². The first-order valence-electron chi connectivity index (χ1n) is 6.65. The van der Waals surface area contributed by atoms with Crippen molar-refractivity contribution in [2.75, 3.05) is 7.05 Å². The molecule has 0 aliphatic carbocycles. The number of aliphatic carboxylic acids is 1. The van der Waals surface area contributed by atoms with Gasteiger partial charge in [0.25, 0.3) is 5.69 Å². The third-order valence-electron chi connectivity index (χ3n) is 3.45. The average molecular weight is 304 g/mol. The van der Waals surface area contributed by atoms with Gasteiger partial charge in [-0.3, -0.25) is 19.8 Å². The largest absolute Gasteiger partial charge is 0.480 e. The number of benzene rings is 1. The number of nitrogens with zero attached hydrogens (tertiary/aromatic N) is 2. The van der Waals surface area contributed by atoms with Crippen molar-refractivity contribution < 1.29 is 19.2 Å². The zero-order valence-electron chi connectivity index (χ0n) is 12.2. The number of para-hydroxylation sites is 1. The molecule has 1 heterocycles. The molecule has 0 spiro atoms. The number of hydrogen-bond donors (Lipinski definition) is 1. The topological polar surface area (TPSA) is 96.8 Å². The van der Waals surface area contributed by atoms with Crippen LogP contribution in [0.2, 0.25) is 0 Å². The molecule has 2 rings (SSSR count). The van der Waals surface area contributed by atoms with Crippen LogP contribution in [-0.2, 0) is 11.3 Å². The Morgan fingerprint density at radius 3 is 2.68 bits per heavy atom. The summed E-state index contributed by atoms with van der Waals surface area (Å²) in [6.45, 7) is 1.88. The molecule has 0 bridgehead atoms. The third kappa shape index (κ3) is 3.32. The lowest BCUT2D eigenvalue weighted by molar-refractivity contribution is -0.384. The van der Waals surface area contributed by atoms with Crippen LogP contribution in [0.5, 0.6) is 0 Å². The molecule has 22 heavy (non-hydrogen) atoms. The number of nitro benzene ring substituents is 1. The van der Waals surface area contributed by atoms with Crippen molar-refractivity contribution in [3.05, 3.63) is 52.3 Å². The van der Waals surface area contributed by atoms with Crippen molar-refractivity contribution in [2.45, 2.75) is 19.5 Å². The van der Waals surface area contributed by atoms with Crippen LogP contribution >= 0.6 is 0 Å². The highest BCUT2D eigenvalue weighted by Crippen LogP contribution is 2.31. The van der Waals surface area contributed by atoms with Crippen molar-refractivity contribution >= 4 is 11.7 Å². The molecule has 7 heteroatoms. The van der Waals surface area contributed by atoms with Gasteiger partial charge in [0.05, 0.1) is 17.0 Å². The highest BCUT2D eigenvalue weighted by atomic mass is 16.6. The SMILES string of the molecule is CC(C(=O)O)N(C)Cc1ccc(-c2ccccc2[N+](=O)[O-])o1. The molecule has 1 aromatic carbocycles. The first-order chi connectivity index (χ1) is 10.4. The molecular formula is C15H16N2O5. The second-order valence-corrected chi connectivity index (χ2v) is 4.97. The van der Waals surface area contributed by atoms with Crippen LogP contribution in [0, 0.1) is 10.1 Å². The number of furan rings is 1.